The lowest BCUT2D eigenvalue weighted by atomic mass is 10.1. The average molecular weight is 274 g/mol. The number of hydrogen-bond donors (Lipinski definition) is 1. The van der Waals surface area contributed by atoms with Gasteiger partial charge in [0.25, 0.3) is 5.91 Å². The minimum absolute atomic E-state index is 0.302. The van der Waals surface area contributed by atoms with E-state index >= 15 is 0 Å². The molecule has 0 bridgehead atoms. The summed E-state index contributed by atoms with van der Waals surface area (Å²) in [5.41, 5.74) is 1.81. The predicted octanol–water partition coefficient (Wildman–Crippen LogP) is 3.33. The van der Waals surface area contributed by atoms with Crippen molar-refractivity contribution in [1.82, 2.24) is 5.16 Å². The predicted molar refractivity (Wildman–Crippen MR) is 72.1 cm³/mol. The Morgan fingerprint density at radius 1 is 1.15 bits per heavy atom. The second-order valence-electron chi connectivity index (χ2n) is 4.95. The second-order valence-corrected chi connectivity index (χ2v) is 4.95. The largest absolute Gasteiger partial charge is 0.360 e. The van der Waals surface area contributed by atoms with E-state index in [0.717, 1.165) is 43.4 Å². The smallest absolute Gasteiger partial charge is 0.278 e. The molecule has 1 N–H and O–H groups in total. The summed E-state index contributed by atoms with van der Waals surface area (Å²) in [4.78, 5) is 12.2. The Labute approximate surface area is 116 Å². The summed E-state index contributed by atoms with van der Waals surface area (Å²) in [6, 6.07) is 5.65. The van der Waals surface area contributed by atoms with Gasteiger partial charge in [0.1, 0.15) is 11.6 Å². The molecule has 1 amide bonds. The van der Waals surface area contributed by atoms with Crippen LogP contribution in [0.15, 0.2) is 28.8 Å². The summed E-state index contributed by atoms with van der Waals surface area (Å²) in [6.45, 7) is 0. The molecule has 5 heteroatoms. The van der Waals surface area contributed by atoms with Gasteiger partial charge in [0.2, 0.25) is 0 Å². The SMILES string of the molecule is O=C(Nc1ccc(F)cc1)c1noc2c1CCCCC2. The molecule has 0 saturated carbocycles. The first kappa shape index (κ1) is 12.8. The molecule has 104 valence electrons. The third kappa shape index (κ3) is 2.57. The molecule has 1 aliphatic carbocycles. The molecular formula is C15H15FN2O2. The number of nitrogens with zero attached hydrogens (tertiary/aromatic N) is 1. The third-order valence-electron chi connectivity index (χ3n) is 3.52. The minimum atomic E-state index is -0.335. The van der Waals surface area contributed by atoms with Crippen molar-refractivity contribution in [3.63, 3.8) is 0 Å². The van der Waals surface area contributed by atoms with Crippen molar-refractivity contribution in [2.75, 3.05) is 5.32 Å². The van der Waals surface area contributed by atoms with E-state index in [2.05, 4.69) is 10.5 Å². The fourth-order valence-electron chi connectivity index (χ4n) is 2.46. The number of aryl methyl sites for hydroxylation is 1. The number of nitrogens with one attached hydrogen (secondary N) is 1. The van der Waals surface area contributed by atoms with Crippen molar-refractivity contribution >= 4 is 11.6 Å². The number of amides is 1. The van der Waals surface area contributed by atoms with Gasteiger partial charge >= 0.3 is 0 Å². The van der Waals surface area contributed by atoms with Crippen LogP contribution in [0.4, 0.5) is 10.1 Å². The number of carbonyl (C=O) groups excluding carboxylic acids is 1. The maximum atomic E-state index is 12.8. The Bertz CT molecular complexity index is 619. The Balaban J connectivity index is 1.80. The Morgan fingerprint density at radius 3 is 2.70 bits per heavy atom. The lowest BCUT2D eigenvalue weighted by molar-refractivity contribution is 0.101. The molecule has 3 rings (SSSR count). The van der Waals surface area contributed by atoms with E-state index in [4.69, 9.17) is 4.52 Å². The van der Waals surface area contributed by atoms with E-state index in [-0.39, 0.29) is 11.7 Å². The molecule has 1 aliphatic rings. The zero-order valence-corrected chi connectivity index (χ0v) is 11.0. The number of rotatable bonds is 2. The maximum Gasteiger partial charge on any atom is 0.278 e. The van der Waals surface area contributed by atoms with Gasteiger partial charge in [-0.1, -0.05) is 11.6 Å². The number of hydrogen-bond acceptors (Lipinski definition) is 3. The molecule has 1 aromatic heterocycles. The van der Waals surface area contributed by atoms with Crippen molar-refractivity contribution in [1.29, 1.82) is 0 Å². The molecule has 0 saturated heterocycles. The summed E-state index contributed by atoms with van der Waals surface area (Å²) in [5.74, 6) is 0.188. The van der Waals surface area contributed by atoms with Gasteiger partial charge in [0, 0.05) is 17.7 Å². The Hall–Kier alpha value is -2.17. The lowest BCUT2D eigenvalue weighted by Gasteiger charge is -2.04. The van der Waals surface area contributed by atoms with Gasteiger partial charge in [-0.2, -0.15) is 0 Å². The zero-order valence-electron chi connectivity index (χ0n) is 11.0. The first-order valence-corrected chi connectivity index (χ1v) is 6.78. The van der Waals surface area contributed by atoms with Crippen LogP contribution in [-0.4, -0.2) is 11.1 Å². The van der Waals surface area contributed by atoms with Gasteiger partial charge in [-0.25, -0.2) is 4.39 Å². The van der Waals surface area contributed by atoms with Crippen molar-refractivity contribution < 1.29 is 13.7 Å². The molecule has 4 nitrogen and oxygen atoms in total. The van der Waals surface area contributed by atoms with Gasteiger partial charge < -0.3 is 9.84 Å². The van der Waals surface area contributed by atoms with E-state index in [1.54, 1.807) is 0 Å². The summed E-state index contributed by atoms with van der Waals surface area (Å²) < 4.78 is 18.1. The molecule has 0 unspecified atom stereocenters. The van der Waals surface area contributed by atoms with E-state index < -0.39 is 0 Å². The van der Waals surface area contributed by atoms with Crippen LogP contribution < -0.4 is 5.32 Å². The van der Waals surface area contributed by atoms with E-state index in [9.17, 15) is 9.18 Å². The number of carbonyl (C=O) groups is 1. The number of halogens is 1. The fraction of sp³-hybridized carbons (Fsp3) is 0.333. The van der Waals surface area contributed by atoms with Crippen LogP contribution >= 0.6 is 0 Å². The third-order valence-corrected chi connectivity index (χ3v) is 3.52. The lowest BCUT2D eigenvalue weighted by Crippen LogP contribution is -2.14. The van der Waals surface area contributed by atoms with E-state index in [1.165, 1.54) is 24.3 Å². The highest BCUT2D eigenvalue weighted by molar-refractivity contribution is 6.03. The summed E-state index contributed by atoms with van der Waals surface area (Å²) >= 11 is 0. The standard InChI is InChI=1S/C15H15FN2O2/c16-10-6-8-11(9-7-10)17-15(19)14-12-4-2-1-3-5-13(12)20-18-14/h6-9H,1-5H2,(H,17,19). The van der Waals surface area contributed by atoms with Crippen LogP contribution in [0.5, 0.6) is 0 Å². The van der Waals surface area contributed by atoms with Crippen LogP contribution in [0.1, 0.15) is 41.1 Å². The maximum absolute atomic E-state index is 12.8. The highest BCUT2D eigenvalue weighted by atomic mass is 19.1. The number of anilines is 1. The highest BCUT2D eigenvalue weighted by Crippen LogP contribution is 2.24. The van der Waals surface area contributed by atoms with Gasteiger partial charge in [0.15, 0.2) is 5.69 Å². The molecule has 1 heterocycles. The van der Waals surface area contributed by atoms with Crippen molar-refractivity contribution in [2.45, 2.75) is 32.1 Å². The van der Waals surface area contributed by atoms with Crippen LogP contribution in [0, 0.1) is 5.82 Å². The van der Waals surface area contributed by atoms with E-state index in [1.807, 2.05) is 0 Å². The molecule has 0 aliphatic heterocycles. The fourth-order valence-corrected chi connectivity index (χ4v) is 2.46. The molecule has 0 radical (unpaired) electrons. The van der Waals surface area contributed by atoms with Crippen LogP contribution in [0.25, 0.3) is 0 Å². The van der Waals surface area contributed by atoms with Gasteiger partial charge in [-0.05, 0) is 43.5 Å². The monoisotopic (exact) mass is 274 g/mol. The summed E-state index contributed by atoms with van der Waals surface area (Å²) in [5, 5.41) is 6.61. The molecule has 1 aromatic carbocycles. The van der Waals surface area contributed by atoms with Crippen molar-refractivity contribution in [3.05, 3.63) is 47.1 Å². The zero-order chi connectivity index (χ0) is 13.9. The van der Waals surface area contributed by atoms with Crippen molar-refractivity contribution in [3.8, 4) is 0 Å². The number of fused-ring (bicyclic) bond motifs is 1. The first-order valence-electron chi connectivity index (χ1n) is 6.78. The van der Waals surface area contributed by atoms with Crippen LogP contribution in [0.2, 0.25) is 0 Å². The van der Waals surface area contributed by atoms with Gasteiger partial charge in [-0.15, -0.1) is 0 Å². The molecule has 0 atom stereocenters. The second kappa shape index (κ2) is 5.45. The minimum Gasteiger partial charge on any atom is -0.360 e. The van der Waals surface area contributed by atoms with Gasteiger partial charge in [0.05, 0.1) is 0 Å². The van der Waals surface area contributed by atoms with E-state index in [0.29, 0.717) is 11.4 Å². The molecule has 0 fully saturated rings. The molecule has 2 aromatic rings. The topological polar surface area (TPSA) is 55.1 Å². The molecule has 0 spiro atoms. The van der Waals surface area contributed by atoms with Crippen LogP contribution in [0.3, 0.4) is 0 Å². The van der Waals surface area contributed by atoms with Gasteiger partial charge in [-0.3, -0.25) is 4.79 Å². The van der Waals surface area contributed by atoms with Crippen LogP contribution in [-0.2, 0) is 12.8 Å². The first-order chi connectivity index (χ1) is 9.74. The molecule has 20 heavy (non-hydrogen) atoms. The molecular weight excluding hydrogens is 259 g/mol. The number of benzene rings is 1. The highest BCUT2D eigenvalue weighted by Gasteiger charge is 2.23. The number of aromatic nitrogens is 1. The normalized spacial score (nSPS) is 14.4. The average Bonchev–Trinajstić information content (AvgIpc) is 2.71. The van der Waals surface area contributed by atoms with Crippen molar-refractivity contribution in [2.24, 2.45) is 0 Å². The Kier molecular flexibility index (Phi) is 3.50. The Morgan fingerprint density at radius 2 is 1.90 bits per heavy atom. The quantitative estimate of drug-likeness (QED) is 0.854. The summed E-state index contributed by atoms with van der Waals surface area (Å²) in [7, 11) is 0. The summed E-state index contributed by atoms with van der Waals surface area (Å²) in [6.07, 6.45) is 4.92.